The molecule has 0 saturated carbocycles. The van der Waals surface area contributed by atoms with E-state index in [1.54, 1.807) is 6.20 Å². The molecule has 3 aromatic rings. The molecular weight excluding hydrogens is 272 g/mol. The van der Waals surface area contributed by atoms with E-state index in [0.717, 1.165) is 23.4 Å². The van der Waals surface area contributed by atoms with E-state index in [0.29, 0.717) is 0 Å². The summed E-state index contributed by atoms with van der Waals surface area (Å²) in [5.41, 5.74) is 4.43. The van der Waals surface area contributed by atoms with Gasteiger partial charge in [-0.3, -0.25) is 4.84 Å². The molecule has 3 nitrogen and oxygen atoms in total. The van der Waals surface area contributed by atoms with Crippen molar-refractivity contribution in [2.45, 2.75) is 6.42 Å². The third kappa shape index (κ3) is 2.83. The number of benzene rings is 2. The standard InChI is InChI=1S/C16H13ClN2O/c17-19-15-7-3-13(4-8-15)9-12-1-5-14(6-2-12)16-10-18-11-20-16/h1-8,10-11,19H,9H2. The molecule has 0 atom stereocenters. The van der Waals surface area contributed by atoms with E-state index in [1.165, 1.54) is 17.5 Å². The van der Waals surface area contributed by atoms with E-state index < -0.39 is 0 Å². The molecule has 0 amide bonds. The summed E-state index contributed by atoms with van der Waals surface area (Å²) in [6, 6.07) is 16.4. The van der Waals surface area contributed by atoms with Crippen LogP contribution in [0.3, 0.4) is 0 Å². The van der Waals surface area contributed by atoms with Crippen LogP contribution >= 0.6 is 11.8 Å². The van der Waals surface area contributed by atoms with E-state index in [-0.39, 0.29) is 0 Å². The Morgan fingerprint density at radius 2 is 1.60 bits per heavy atom. The molecule has 0 bridgehead atoms. The molecule has 100 valence electrons. The molecule has 0 aliphatic carbocycles. The molecule has 0 aliphatic heterocycles. The molecule has 20 heavy (non-hydrogen) atoms. The molecule has 4 heteroatoms. The molecule has 0 saturated heterocycles. The lowest BCUT2D eigenvalue weighted by molar-refractivity contribution is 0.572. The lowest BCUT2D eigenvalue weighted by Crippen LogP contribution is -1.89. The number of hydrogen-bond acceptors (Lipinski definition) is 3. The molecular formula is C16H13ClN2O. The van der Waals surface area contributed by atoms with Gasteiger partial charge in [-0.2, -0.15) is 0 Å². The molecule has 0 fully saturated rings. The minimum Gasteiger partial charge on any atom is -0.444 e. The maximum atomic E-state index is 5.54. The summed E-state index contributed by atoms with van der Waals surface area (Å²) in [6.07, 6.45) is 4.04. The Bertz CT molecular complexity index is 661. The lowest BCUT2D eigenvalue weighted by Gasteiger charge is -2.04. The second-order valence-corrected chi connectivity index (χ2v) is 4.72. The number of aromatic nitrogens is 1. The molecule has 2 aromatic carbocycles. The maximum Gasteiger partial charge on any atom is 0.181 e. The summed E-state index contributed by atoms with van der Waals surface area (Å²) in [5.74, 6) is 0.786. The van der Waals surface area contributed by atoms with Gasteiger partial charge in [-0.1, -0.05) is 36.4 Å². The largest absolute Gasteiger partial charge is 0.444 e. The van der Waals surface area contributed by atoms with Crippen LogP contribution in [0.5, 0.6) is 0 Å². The van der Waals surface area contributed by atoms with Crippen LogP contribution in [0.4, 0.5) is 5.69 Å². The molecule has 3 rings (SSSR count). The highest BCUT2D eigenvalue weighted by Gasteiger charge is 2.02. The van der Waals surface area contributed by atoms with Crippen molar-refractivity contribution >= 4 is 17.5 Å². The number of nitrogens with one attached hydrogen (secondary N) is 1. The SMILES string of the molecule is ClNc1ccc(Cc2ccc(-c3cnco3)cc2)cc1. The van der Waals surface area contributed by atoms with Gasteiger partial charge in [0.25, 0.3) is 0 Å². The normalized spacial score (nSPS) is 10.4. The summed E-state index contributed by atoms with van der Waals surface area (Å²) >= 11 is 5.54. The Morgan fingerprint density at radius 1 is 0.950 bits per heavy atom. The van der Waals surface area contributed by atoms with Crippen molar-refractivity contribution < 1.29 is 4.42 Å². The highest BCUT2D eigenvalue weighted by atomic mass is 35.5. The van der Waals surface area contributed by atoms with Crippen LogP contribution in [0.1, 0.15) is 11.1 Å². The van der Waals surface area contributed by atoms with E-state index in [4.69, 9.17) is 16.2 Å². The Kier molecular flexibility index (Phi) is 3.70. The summed E-state index contributed by atoms with van der Waals surface area (Å²) in [7, 11) is 0. The molecule has 1 N–H and O–H groups in total. The van der Waals surface area contributed by atoms with Crippen molar-refractivity contribution in [1.29, 1.82) is 0 Å². The Labute approximate surface area is 122 Å². The average molecular weight is 285 g/mol. The third-order valence-electron chi connectivity index (χ3n) is 3.14. The van der Waals surface area contributed by atoms with Crippen molar-refractivity contribution in [3.63, 3.8) is 0 Å². The van der Waals surface area contributed by atoms with Crippen molar-refractivity contribution in [2.75, 3.05) is 4.84 Å². The number of anilines is 1. The summed E-state index contributed by atoms with van der Waals surface area (Å²) in [5, 5.41) is 0. The number of oxazole rings is 1. The van der Waals surface area contributed by atoms with Crippen LogP contribution < -0.4 is 4.84 Å². The molecule has 0 unspecified atom stereocenters. The fourth-order valence-electron chi connectivity index (χ4n) is 2.07. The zero-order chi connectivity index (χ0) is 13.8. The monoisotopic (exact) mass is 284 g/mol. The summed E-state index contributed by atoms with van der Waals surface area (Å²) < 4.78 is 5.27. The van der Waals surface area contributed by atoms with Gasteiger partial charge >= 0.3 is 0 Å². The fourth-order valence-corrected chi connectivity index (χ4v) is 2.19. The van der Waals surface area contributed by atoms with Crippen LogP contribution in [-0.4, -0.2) is 4.98 Å². The van der Waals surface area contributed by atoms with Crippen molar-refractivity contribution in [2.24, 2.45) is 0 Å². The number of hydrogen-bond donors (Lipinski definition) is 1. The van der Waals surface area contributed by atoms with Crippen LogP contribution in [0.15, 0.2) is 65.5 Å². The molecule has 1 aromatic heterocycles. The van der Waals surface area contributed by atoms with Gasteiger partial charge in [-0.15, -0.1) is 0 Å². The van der Waals surface area contributed by atoms with Crippen molar-refractivity contribution in [3.8, 4) is 11.3 Å². The number of halogens is 1. The predicted molar refractivity (Wildman–Crippen MR) is 80.7 cm³/mol. The Hall–Kier alpha value is -2.26. The average Bonchev–Trinajstić information content (AvgIpc) is 3.03. The van der Waals surface area contributed by atoms with Crippen LogP contribution in [0.2, 0.25) is 0 Å². The first-order valence-electron chi connectivity index (χ1n) is 6.28. The van der Waals surface area contributed by atoms with Gasteiger partial charge in [-0.25, -0.2) is 4.98 Å². The lowest BCUT2D eigenvalue weighted by atomic mass is 10.0. The Balaban J connectivity index is 1.74. The molecule has 0 spiro atoms. The van der Waals surface area contributed by atoms with Gasteiger partial charge in [-0.05, 0) is 29.7 Å². The molecule has 0 radical (unpaired) electrons. The van der Waals surface area contributed by atoms with Gasteiger partial charge in [0.05, 0.1) is 6.20 Å². The highest BCUT2D eigenvalue weighted by molar-refractivity contribution is 6.23. The Morgan fingerprint density at radius 3 is 2.15 bits per heavy atom. The minimum absolute atomic E-state index is 0.786. The van der Waals surface area contributed by atoms with Crippen LogP contribution in [0, 0.1) is 0 Å². The zero-order valence-corrected chi connectivity index (χ0v) is 11.5. The second kappa shape index (κ2) is 5.80. The second-order valence-electron chi connectivity index (χ2n) is 4.53. The van der Waals surface area contributed by atoms with E-state index in [1.807, 2.05) is 24.3 Å². The highest BCUT2D eigenvalue weighted by Crippen LogP contribution is 2.20. The summed E-state index contributed by atoms with van der Waals surface area (Å²) in [4.78, 5) is 6.52. The zero-order valence-electron chi connectivity index (χ0n) is 10.7. The smallest absolute Gasteiger partial charge is 0.181 e. The molecule has 0 aliphatic rings. The van der Waals surface area contributed by atoms with Crippen LogP contribution in [0.25, 0.3) is 11.3 Å². The topological polar surface area (TPSA) is 38.1 Å². The maximum absolute atomic E-state index is 5.54. The first-order valence-corrected chi connectivity index (χ1v) is 6.66. The van der Waals surface area contributed by atoms with Crippen LogP contribution in [-0.2, 0) is 6.42 Å². The van der Waals surface area contributed by atoms with Gasteiger partial charge in [0, 0.05) is 23.0 Å². The third-order valence-corrected chi connectivity index (χ3v) is 3.36. The minimum atomic E-state index is 0.786. The fraction of sp³-hybridized carbons (Fsp3) is 0.0625. The predicted octanol–water partition coefficient (Wildman–Crippen LogP) is 4.50. The molecule has 1 heterocycles. The summed E-state index contributed by atoms with van der Waals surface area (Å²) in [6.45, 7) is 0. The van der Waals surface area contributed by atoms with Crippen molar-refractivity contribution in [1.82, 2.24) is 4.98 Å². The van der Waals surface area contributed by atoms with E-state index >= 15 is 0 Å². The first kappa shape index (κ1) is 12.8. The van der Waals surface area contributed by atoms with E-state index in [9.17, 15) is 0 Å². The van der Waals surface area contributed by atoms with Crippen molar-refractivity contribution in [3.05, 3.63) is 72.2 Å². The number of nitrogens with zero attached hydrogens (tertiary/aromatic N) is 1. The van der Waals surface area contributed by atoms with Gasteiger partial charge in [0.15, 0.2) is 12.2 Å². The van der Waals surface area contributed by atoms with Gasteiger partial charge in [0.1, 0.15) is 0 Å². The quantitative estimate of drug-likeness (QED) is 0.717. The first-order chi connectivity index (χ1) is 9.85. The van der Waals surface area contributed by atoms with E-state index in [2.05, 4.69) is 34.1 Å². The number of rotatable bonds is 4. The van der Waals surface area contributed by atoms with Gasteiger partial charge < -0.3 is 4.42 Å². The van der Waals surface area contributed by atoms with Gasteiger partial charge in [0.2, 0.25) is 0 Å².